The molecule has 1 fully saturated rings. The number of amides is 1. The van der Waals surface area contributed by atoms with Gasteiger partial charge in [-0.05, 0) is 25.7 Å². The molecule has 3 N–H and O–H groups in total. The first-order chi connectivity index (χ1) is 9.18. The van der Waals surface area contributed by atoms with Crippen LogP contribution in [-0.4, -0.2) is 31.7 Å². The van der Waals surface area contributed by atoms with Gasteiger partial charge in [0.15, 0.2) is 0 Å². The summed E-state index contributed by atoms with van der Waals surface area (Å²) in [6, 6.07) is 0. The molecule has 1 saturated carbocycles. The number of carbonyl (C=O) groups excluding carboxylic acids is 1. The Morgan fingerprint density at radius 2 is 1.89 bits per heavy atom. The van der Waals surface area contributed by atoms with Crippen LogP contribution >= 0.6 is 0 Å². The summed E-state index contributed by atoms with van der Waals surface area (Å²) >= 11 is 0. The summed E-state index contributed by atoms with van der Waals surface area (Å²) in [7, 11) is 0. The second-order valence-corrected chi connectivity index (χ2v) is 5.58. The number of carbonyl (C=O) groups is 1. The predicted molar refractivity (Wildman–Crippen MR) is 77.9 cm³/mol. The third kappa shape index (κ3) is 4.77. The van der Waals surface area contributed by atoms with E-state index in [1.807, 2.05) is 13.8 Å². The van der Waals surface area contributed by atoms with E-state index in [0.29, 0.717) is 25.8 Å². The van der Waals surface area contributed by atoms with Gasteiger partial charge in [-0.1, -0.05) is 33.1 Å². The molecule has 1 rings (SSSR count). The van der Waals surface area contributed by atoms with Gasteiger partial charge < -0.3 is 15.8 Å². The first-order valence-electron chi connectivity index (χ1n) is 7.78. The minimum absolute atomic E-state index is 0.0762. The van der Waals surface area contributed by atoms with E-state index >= 15 is 0 Å². The molecule has 0 bridgehead atoms. The van der Waals surface area contributed by atoms with Gasteiger partial charge in [-0.2, -0.15) is 0 Å². The quantitative estimate of drug-likeness (QED) is 0.665. The molecule has 0 unspecified atom stereocenters. The lowest BCUT2D eigenvalue weighted by Crippen LogP contribution is -2.46. The van der Waals surface area contributed by atoms with Crippen LogP contribution < -0.4 is 11.1 Å². The van der Waals surface area contributed by atoms with Crippen LogP contribution in [0.3, 0.4) is 0 Å². The molecule has 0 radical (unpaired) electrons. The van der Waals surface area contributed by atoms with Crippen molar-refractivity contribution >= 4 is 5.91 Å². The fourth-order valence-corrected chi connectivity index (χ4v) is 2.76. The van der Waals surface area contributed by atoms with Crippen LogP contribution in [0.2, 0.25) is 0 Å². The maximum Gasteiger partial charge on any atom is 0.227 e. The zero-order chi connectivity index (χ0) is 14.1. The number of ether oxygens (including phenoxy) is 1. The molecule has 0 heterocycles. The number of rotatable bonds is 8. The number of hydrogen-bond donors (Lipinski definition) is 2. The lowest BCUT2D eigenvalue weighted by Gasteiger charge is -2.29. The molecule has 0 aromatic rings. The van der Waals surface area contributed by atoms with Crippen LogP contribution in [0.5, 0.6) is 0 Å². The van der Waals surface area contributed by atoms with E-state index < -0.39 is 5.41 Å². The molecule has 4 nitrogen and oxygen atoms in total. The van der Waals surface area contributed by atoms with Crippen LogP contribution in [0.15, 0.2) is 0 Å². The molecule has 0 aliphatic heterocycles. The van der Waals surface area contributed by atoms with Gasteiger partial charge in [0, 0.05) is 13.1 Å². The Kier molecular flexibility index (Phi) is 7.39. The summed E-state index contributed by atoms with van der Waals surface area (Å²) in [4.78, 5) is 12.2. The van der Waals surface area contributed by atoms with Crippen molar-refractivity contribution in [1.29, 1.82) is 0 Å². The van der Waals surface area contributed by atoms with E-state index in [2.05, 4.69) is 5.32 Å². The highest BCUT2D eigenvalue weighted by Gasteiger charge is 2.32. The van der Waals surface area contributed by atoms with Crippen molar-refractivity contribution in [3.8, 4) is 0 Å². The molecule has 0 saturated heterocycles. The van der Waals surface area contributed by atoms with Gasteiger partial charge in [0.2, 0.25) is 5.91 Å². The average Bonchev–Trinajstić information content (AvgIpc) is 2.47. The molecular weight excluding hydrogens is 240 g/mol. The summed E-state index contributed by atoms with van der Waals surface area (Å²) in [5.74, 6) is 0.0762. The van der Waals surface area contributed by atoms with Crippen molar-refractivity contribution in [2.45, 2.75) is 64.9 Å². The molecule has 0 spiro atoms. The standard InChI is InChI=1S/C15H30N2O2/c1-3-15(4-2,12-16)14(18)17-10-11-19-13-8-6-5-7-9-13/h13H,3-12,16H2,1-2H3,(H,17,18). The Bertz CT molecular complexity index is 251. The Morgan fingerprint density at radius 1 is 1.26 bits per heavy atom. The van der Waals surface area contributed by atoms with Gasteiger partial charge in [-0.15, -0.1) is 0 Å². The highest BCUT2D eigenvalue weighted by Crippen LogP contribution is 2.24. The SMILES string of the molecule is CCC(CC)(CN)C(=O)NCCOC1CCCCC1. The minimum Gasteiger partial charge on any atom is -0.376 e. The van der Waals surface area contributed by atoms with Crippen LogP contribution in [0.1, 0.15) is 58.8 Å². The molecule has 1 amide bonds. The topological polar surface area (TPSA) is 64.4 Å². The normalized spacial score (nSPS) is 17.4. The predicted octanol–water partition coefficient (Wildman–Crippen LogP) is 2.22. The summed E-state index contributed by atoms with van der Waals surface area (Å²) in [6.45, 7) is 5.67. The van der Waals surface area contributed by atoms with E-state index in [1.165, 1.54) is 32.1 Å². The van der Waals surface area contributed by atoms with E-state index in [-0.39, 0.29) is 5.91 Å². The summed E-state index contributed by atoms with van der Waals surface area (Å²) in [5.41, 5.74) is 5.36. The fourth-order valence-electron chi connectivity index (χ4n) is 2.76. The summed E-state index contributed by atoms with van der Waals surface area (Å²) in [5, 5.41) is 2.97. The average molecular weight is 270 g/mol. The number of hydrogen-bond acceptors (Lipinski definition) is 3. The zero-order valence-corrected chi connectivity index (χ0v) is 12.5. The third-order valence-electron chi connectivity index (χ3n) is 4.52. The first kappa shape index (κ1) is 16.4. The smallest absolute Gasteiger partial charge is 0.227 e. The Hall–Kier alpha value is -0.610. The largest absolute Gasteiger partial charge is 0.376 e. The van der Waals surface area contributed by atoms with E-state index in [9.17, 15) is 4.79 Å². The lowest BCUT2D eigenvalue weighted by atomic mass is 9.81. The Labute approximate surface area is 117 Å². The number of nitrogens with two attached hydrogens (primary N) is 1. The lowest BCUT2D eigenvalue weighted by molar-refractivity contribution is -0.131. The van der Waals surface area contributed by atoms with E-state index in [1.54, 1.807) is 0 Å². The van der Waals surface area contributed by atoms with Gasteiger partial charge in [-0.25, -0.2) is 0 Å². The van der Waals surface area contributed by atoms with Crippen molar-refractivity contribution in [1.82, 2.24) is 5.32 Å². The maximum absolute atomic E-state index is 12.2. The summed E-state index contributed by atoms with van der Waals surface area (Å²) < 4.78 is 5.80. The van der Waals surface area contributed by atoms with Crippen LogP contribution in [0.25, 0.3) is 0 Å². The van der Waals surface area contributed by atoms with Crippen LogP contribution in [0.4, 0.5) is 0 Å². The van der Waals surface area contributed by atoms with Crippen molar-refractivity contribution in [3.05, 3.63) is 0 Å². The second-order valence-electron chi connectivity index (χ2n) is 5.58. The van der Waals surface area contributed by atoms with Crippen molar-refractivity contribution in [2.24, 2.45) is 11.1 Å². The molecule has 112 valence electrons. The molecule has 4 heteroatoms. The molecule has 0 aromatic heterocycles. The van der Waals surface area contributed by atoms with Crippen molar-refractivity contribution < 1.29 is 9.53 Å². The molecule has 1 aliphatic rings. The van der Waals surface area contributed by atoms with Crippen LogP contribution in [-0.2, 0) is 9.53 Å². The van der Waals surface area contributed by atoms with Crippen LogP contribution in [0, 0.1) is 5.41 Å². The van der Waals surface area contributed by atoms with Gasteiger partial charge in [-0.3, -0.25) is 4.79 Å². The van der Waals surface area contributed by atoms with E-state index in [0.717, 1.165) is 12.8 Å². The molecule has 1 aliphatic carbocycles. The Morgan fingerprint density at radius 3 is 2.42 bits per heavy atom. The van der Waals surface area contributed by atoms with Gasteiger partial charge in [0.25, 0.3) is 0 Å². The van der Waals surface area contributed by atoms with Crippen molar-refractivity contribution in [3.63, 3.8) is 0 Å². The zero-order valence-electron chi connectivity index (χ0n) is 12.5. The fraction of sp³-hybridized carbons (Fsp3) is 0.933. The first-order valence-corrected chi connectivity index (χ1v) is 7.78. The highest BCUT2D eigenvalue weighted by atomic mass is 16.5. The monoisotopic (exact) mass is 270 g/mol. The molecule has 19 heavy (non-hydrogen) atoms. The molecule has 0 aromatic carbocycles. The van der Waals surface area contributed by atoms with Crippen molar-refractivity contribution in [2.75, 3.05) is 19.7 Å². The maximum atomic E-state index is 12.2. The molecular formula is C15H30N2O2. The molecule has 0 atom stereocenters. The third-order valence-corrected chi connectivity index (χ3v) is 4.52. The summed E-state index contributed by atoms with van der Waals surface area (Å²) in [6.07, 6.45) is 8.21. The number of nitrogens with one attached hydrogen (secondary N) is 1. The van der Waals surface area contributed by atoms with Gasteiger partial charge >= 0.3 is 0 Å². The van der Waals surface area contributed by atoms with Gasteiger partial charge in [0.1, 0.15) is 0 Å². The highest BCUT2D eigenvalue weighted by molar-refractivity contribution is 5.82. The van der Waals surface area contributed by atoms with Gasteiger partial charge in [0.05, 0.1) is 18.1 Å². The minimum atomic E-state index is -0.398. The van der Waals surface area contributed by atoms with E-state index in [4.69, 9.17) is 10.5 Å². The Balaban J connectivity index is 2.22. The second kappa shape index (κ2) is 8.54.